The Bertz CT molecular complexity index is 784. The summed E-state index contributed by atoms with van der Waals surface area (Å²) in [5.41, 5.74) is 0.842. The zero-order chi connectivity index (χ0) is 15.6. The van der Waals surface area contributed by atoms with Crippen molar-refractivity contribution in [3.63, 3.8) is 0 Å². The highest BCUT2D eigenvalue weighted by Gasteiger charge is 2.63. The van der Waals surface area contributed by atoms with Gasteiger partial charge in [-0.05, 0) is 30.9 Å². The first kappa shape index (κ1) is 13.1. The summed E-state index contributed by atoms with van der Waals surface area (Å²) in [4.78, 5) is 16.7. The third-order valence-electron chi connectivity index (χ3n) is 5.54. The minimum absolute atomic E-state index is 0.0121. The lowest BCUT2D eigenvalue weighted by atomic mass is 9.80. The highest BCUT2D eigenvalue weighted by atomic mass is 16.6. The van der Waals surface area contributed by atoms with Gasteiger partial charge in [-0.15, -0.1) is 0 Å². The largest absolute Gasteiger partial charge is 0.497 e. The fourth-order valence-electron chi connectivity index (χ4n) is 4.59. The lowest BCUT2D eigenvalue weighted by molar-refractivity contribution is -0.143. The molecular formula is C17H16N2O4. The number of hydrogen-bond acceptors (Lipinski definition) is 6. The molecular weight excluding hydrogens is 296 g/mol. The average molecular weight is 312 g/mol. The van der Waals surface area contributed by atoms with E-state index in [1.807, 2.05) is 24.3 Å². The zero-order valence-corrected chi connectivity index (χ0v) is 12.6. The van der Waals surface area contributed by atoms with Gasteiger partial charge in [0.15, 0.2) is 0 Å². The monoisotopic (exact) mass is 312 g/mol. The summed E-state index contributed by atoms with van der Waals surface area (Å²) >= 11 is 0. The minimum Gasteiger partial charge on any atom is -0.497 e. The molecule has 2 bridgehead atoms. The maximum Gasteiger partial charge on any atom is 0.310 e. The van der Waals surface area contributed by atoms with Crippen molar-refractivity contribution in [3.05, 3.63) is 30.2 Å². The van der Waals surface area contributed by atoms with Crippen LogP contribution < -0.4 is 4.74 Å². The van der Waals surface area contributed by atoms with Gasteiger partial charge in [0.05, 0.1) is 18.9 Å². The molecule has 1 aromatic carbocycles. The van der Waals surface area contributed by atoms with Crippen molar-refractivity contribution in [3.8, 4) is 17.1 Å². The Morgan fingerprint density at radius 3 is 3.04 bits per heavy atom. The SMILES string of the molecule is COc1cccc(-c2noc([C@@H]3[C@@H]4C[C@@H]5[C@@H]3C(=O)O[C@@H]5C4)n2)c1. The van der Waals surface area contributed by atoms with E-state index in [0.717, 1.165) is 24.2 Å². The summed E-state index contributed by atoms with van der Waals surface area (Å²) in [7, 11) is 1.62. The third kappa shape index (κ3) is 1.77. The van der Waals surface area contributed by atoms with Gasteiger partial charge in [-0.1, -0.05) is 17.3 Å². The maximum atomic E-state index is 12.1. The highest BCUT2D eigenvalue weighted by Crippen LogP contribution is 2.61. The Labute approximate surface area is 132 Å². The predicted molar refractivity (Wildman–Crippen MR) is 78.6 cm³/mol. The van der Waals surface area contributed by atoms with Crippen molar-refractivity contribution >= 4 is 5.97 Å². The molecule has 1 saturated heterocycles. The van der Waals surface area contributed by atoms with Gasteiger partial charge in [0.1, 0.15) is 11.9 Å². The lowest BCUT2D eigenvalue weighted by Gasteiger charge is -2.20. The van der Waals surface area contributed by atoms with E-state index in [4.69, 9.17) is 14.0 Å². The Kier molecular flexibility index (Phi) is 2.60. The summed E-state index contributed by atoms with van der Waals surface area (Å²) in [6, 6.07) is 7.54. The predicted octanol–water partition coefficient (Wildman–Crippen LogP) is 2.41. The number of nitrogens with zero attached hydrogens (tertiary/aromatic N) is 2. The van der Waals surface area contributed by atoms with Crippen molar-refractivity contribution in [2.24, 2.45) is 17.8 Å². The molecule has 3 fully saturated rings. The van der Waals surface area contributed by atoms with Gasteiger partial charge in [0, 0.05) is 11.5 Å². The summed E-state index contributed by atoms with van der Waals surface area (Å²) in [6.07, 6.45) is 2.08. The molecule has 23 heavy (non-hydrogen) atoms. The van der Waals surface area contributed by atoms with Crippen molar-refractivity contribution in [1.82, 2.24) is 10.1 Å². The highest BCUT2D eigenvalue weighted by molar-refractivity contribution is 5.78. The second-order valence-electron chi connectivity index (χ2n) is 6.61. The van der Waals surface area contributed by atoms with Crippen LogP contribution in [0.3, 0.4) is 0 Å². The standard InChI is InChI=1S/C17H16N2O4/c1-21-10-4-2-3-8(5-10)15-18-16(23-19-15)13-9-6-11-12(7-9)22-17(20)14(11)13/h2-5,9,11-14H,6-7H2,1H3/t9-,11+,12-,13-,14+/m1/s1. The van der Waals surface area contributed by atoms with Crippen LogP contribution in [0, 0.1) is 17.8 Å². The number of rotatable bonds is 3. The van der Waals surface area contributed by atoms with E-state index in [0.29, 0.717) is 23.6 Å². The first-order chi connectivity index (χ1) is 11.2. The first-order valence-corrected chi connectivity index (χ1v) is 7.93. The topological polar surface area (TPSA) is 74.5 Å². The van der Waals surface area contributed by atoms with Gasteiger partial charge < -0.3 is 14.0 Å². The Balaban J connectivity index is 1.49. The quantitative estimate of drug-likeness (QED) is 0.810. The van der Waals surface area contributed by atoms with Crippen molar-refractivity contribution in [2.75, 3.05) is 7.11 Å². The molecule has 2 aliphatic carbocycles. The molecule has 5 atom stereocenters. The minimum atomic E-state index is -0.0997. The van der Waals surface area contributed by atoms with Gasteiger partial charge in [-0.2, -0.15) is 4.98 Å². The van der Waals surface area contributed by atoms with E-state index in [2.05, 4.69) is 10.1 Å². The Morgan fingerprint density at radius 1 is 1.26 bits per heavy atom. The summed E-state index contributed by atoms with van der Waals surface area (Å²) in [5.74, 6) is 2.42. The van der Waals surface area contributed by atoms with Crippen molar-refractivity contribution < 1.29 is 18.8 Å². The van der Waals surface area contributed by atoms with Crippen LogP contribution in [0.15, 0.2) is 28.8 Å². The number of fused-ring (bicyclic) bond motifs is 1. The van der Waals surface area contributed by atoms with Crippen LogP contribution in [-0.4, -0.2) is 29.3 Å². The van der Waals surface area contributed by atoms with Crippen molar-refractivity contribution in [2.45, 2.75) is 24.9 Å². The van der Waals surface area contributed by atoms with E-state index >= 15 is 0 Å². The molecule has 5 rings (SSSR count). The van der Waals surface area contributed by atoms with Crippen LogP contribution >= 0.6 is 0 Å². The van der Waals surface area contributed by atoms with Gasteiger partial charge >= 0.3 is 5.97 Å². The van der Waals surface area contributed by atoms with E-state index < -0.39 is 0 Å². The molecule has 0 N–H and O–H groups in total. The smallest absolute Gasteiger partial charge is 0.310 e. The Hall–Kier alpha value is -2.37. The van der Waals surface area contributed by atoms with Gasteiger partial charge in [0.2, 0.25) is 11.7 Å². The average Bonchev–Trinajstić information content (AvgIpc) is 3.30. The van der Waals surface area contributed by atoms with Crippen LogP contribution in [0.4, 0.5) is 0 Å². The number of methoxy groups -OCH3 is 1. The number of benzene rings is 1. The second-order valence-corrected chi connectivity index (χ2v) is 6.61. The number of aromatic nitrogens is 2. The molecule has 2 saturated carbocycles. The van der Waals surface area contributed by atoms with Crippen LogP contribution in [0.1, 0.15) is 24.7 Å². The number of carbonyl (C=O) groups is 1. The summed E-state index contributed by atoms with van der Waals surface area (Å²) in [6.45, 7) is 0. The molecule has 0 amide bonds. The molecule has 0 radical (unpaired) electrons. The molecule has 118 valence electrons. The molecule has 6 heteroatoms. The fourth-order valence-corrected chi connectivity index (χ4v) is 4.59. The van der Waals surface area contributed by atoms with Crippen LogP contribution in [0.25, 0.3) is 11.4 Å². The molecule has 6 nitrogen and oxygen atoms in total. The van der Waals surface area contributed by atoms with Crippen molar-refractivity contribution in [1.29, 1.82) is 0 Å². The molecule has 0 spiro atoms. The normalized spacial score (nSPS) is 34.0. The van der Waals surface area contributed by atoms with Gasteiger partial charge in [0.25, 0.3) is 0 Å². The Morgan fingerprint density at radius 2 is 2.17 bits per heavy atom. The van der Waals surface area contributed by atoms with Gasteiger partial charge in [-0.25, -0.2) is 0 Å². The number of esters is 1. The zero-order valence-electron chi connectivity index (χ0n) is 12.6. The number of hydrogen-bond donors (Lipinski definition) is 0. The van der Waals surface area contributed by atoms with E-state index in [9.17, 15) is 4.79 Å². The molecule has 1 aliphatic heterocycles. The molecule has 2 aromatic rings. The number of carbonyl (C=O) groups excluding carboxylic acids is 1. The van der Waals surface area contributed by atoms with Crippen LogP contribution in [-0.2, 0) is 9.53 Å². The molecule has 3 aliphatic rings. The maximum absolute atomic E-state index is 12.1. The summed E-state index contributed by atoms with van der Waals surface area (Å²) in [5, 5.41) is 4.10. The van der Waals surface area contributed by atoms with Gasteiger partial charge in [-0.3, -0.25) is 4.79 Å². The second kappa shape index (κ2) is 4.57. The first-order valence-electron chi connectivity index (χ1n) is 7.93. The van der Waals surface area contributed by atoms with Crippen LogP contribution in [0.2, 0.25) is 0 Å². The van der Waals surface area contributed by atoms with E-state index in [1.165, 1.54) is 0 Å². The molecule has 2 heterocycles. The number of ether oxygens (including phenoxy) is 2. The van der Waals surface area contributed by atoms with Crippen LogP contribution in [0.5, 0.6) is 5.75 Å². The molecule has 0 unspecified atom stereocenters. The van der Waals surface area contributed by atoms with E-state index in [-0.39, 0.29) is 23.9 Å². The fraction of sp³-hybridized carbons (Fsp3) is 0.471. The van der Waals surface area contributed by atoms with E-state index in [1.54, 1.807) is 7.11 Å². The summed E-state index contributed by atoms with van der Waals surface area (Å²) < 4.78 is 16.2. The molecule has 1 aromatic heterocycles. The third-order valence-corrected chi connectivity index (χ3v) is 5.54. The lowest BCUT2D eigenvalue weighted by Crippen LogP contribution is -2.24.